The number of piperazine rings is 1. The van der Waals surface area contributed by atoms with E-state index in [1.165, 1.54) is 17.8 Å². The number of fused-ring (bicyclic) bond motifs is 3. The predicted octanol–water partition coefficient (Wildman–Crippen LogP) is 1.60. The Morgan fingerprint density at radius 1 is 1.38 bits per heavy atom. The molecule has 2 N–H and O–H groups in total. The second-order valence-electron chi connectivity index (χ2n) is 6.60. The third-order valence-corrected chi connectivity index (χ3v) is 7.05. The summed E-state index contributed by atoms with van der Waals surface area (Å²) >= 11 is 0.206. The number of aliphatic hydroxyl groups excluding tert-OH is 1. The molecule has 0 spiro atoms. The van der Waals surface area contributed by atoms with Crippen LogP contribution in [0.15, 0.2) is 33.0 Å². The molecule has 26 heavy (non-hydrogen) atoms. The van der Waals surface area contributed by atoms with Crippen molar-refractivity contribution in [2.24, 2.45) is 0 Å². The van der Waals surface area contributed by atoms with Crippen molar-refractivity contribution in [2.75, 3.05) is 30.3 Å². The van der Waals surface area contributed by atoms with Crippen molar-refractivity contribution < 1.29 is 14.1 Å². The van der Waals surface area contributed by atoms with Gasteiger partial charge in [0.25, 0.3) is 6.01 Å². The number of aliphatic hydroxyl groups is 1. The molecule has 3 unspecified atom stereocenters. The minimum Gasteiger partial charge on any atom is -0.611 e. The number of hydrogen-bond donors (Lipinski definition) is 2. The number of thiazole rings is 1. The monoisotopic (exact) mass is 390 g/mol. The fraction of sp³-hybridized carbons (Fsp3) is 0.412. The van der Waals surface area contributed by atoms with E-state index in [2.05, 4.69) is 15.2 Å². The second-order valence-corrected chi connectivity index (χ2v) is 9.03. The Balaban J connectivity index is 1.62. The van der Waals surface area contributed by atoms with Gasteiger partial charge in [-0.2, -0.15) is 4.98 Å². The number of hydrogen-bond acceptors (Lipinski definition) is 8. The lowest BCUT2D eigenvalue weighted by atomic mass is 9.92. The molecule has 5 heterocycles. The van der Waals surface area contributed by atoms with Crippen LogP contribution in [0.1, 0.15) is 6.42 Å². The Morgan fingerprint density at radius 3 is 2.88 bits per heavy atom. The van der Waals surface area contributed by atoms with E-state index < -0.39 is 11.2 Å². The maximum absolute atomic E-state index is 12.5. The van der Waals surface area contributed by atoms with Crippen LogP contribution in [0.2, 0.25) is 0 Å². The molecule has 1 aromatic carbocycles. The minimum absolute atomic E-state index is 0.131. The molecule has 3 saturated heterocycles. The van der Waals surface area contributed by atoms with Crippen molar-refractivity contribution in [3.05, 3.63) is 23.7 Å². The van der Waals surface area contributed by atoms with Gasteiger partial charge in [0.15, 0.2) is 16.0 Å². The normalized spacial score (nSPS) is 23.2. The molecule has 3 atom stereocenters. The lowest BCUT2D eigenvalue weighted by molar-refractivity contribution is 0.220. The number of nitrogens with zero attached hydrogens (tertiary/aromatic N) is 3. The topological polar surface area (TPSA) is 97.5 Å². The summed E-state index contributed by atoms with van der Waals surface area (Å²) in [6.45, 7) is 1.60. The number of benzene rings is 1. The molecule has 7 nitrogen and oxygen atoms in total. The quantitative estimate of drug-likeness (QED) is 0.639. The van der Waals surface area contributed by atoms with Crippen molar-refractivity contribution in [3.63, 3.8) is 0 Å². The molecule has 9 heteroatoms. The Kier molecular flexibility index (Phi) is 4.13. The number of aromatic nitrogens is 2. The SMILES string of the molecule is [O-][S+](CCO)c1ccc(-c2nccs2)c2oc(N3CC4CC(C3)N4)nc12. The average molecular weight is 390 g/mol. The summed E-state index contributed by atoms with van der Waals surface area (Å²) in [6.07, 6.45) is 2.96. The smallest absolute Gasteiger partial charge is 0.298 e. The van der Waals surface area contributed by atoms with Crippen LogP contribution in [-0.4, -0.2) is 57.2 Å². The summed E-state index contributed by atoms with van der Waals surface area (Å²) < 4.78 is 18.7. The zero-order valence-electron chi connectivity index (χ0n) is 13.9. The largest absolute Gasteiger partial charge is 0.611 e. The number of nitrogens with one attached hydrogen (secondary N) is 1. The summed E-state index contributed by atoms with van der Waals surface area (Å²) in [5.41, 5.74) is 2.08. The standard InChI is InChI=1S/C17H18N4O3S2/c22-4-6-26(23)13-2-1-12(16-18-3-5-25-16)15-14(13)20-17(24-15)21-8-10-7-11(9-21)19-10/h1-3,5,10-11,19,22H,4,6-9H2. The van der Waals surface area contributed by atoms with E-state index >= 15 is 0 Å². The molecule has 2 bridgehead atoms. The van der Waals surface area contributed by atoms with Crippen LogP contribution in [0, 0.1) is 0 Å². The Morgan fingerprint density at radius 2 is 2.19 bits per heavy atom. The first-order valence-electron chi connectivity index (χ1n) is 8.56. The molecule has 3 aliphatic heterocycles. The van der Waals surface area contributed by atoms with Gasteiger partial charge in [-0.1, -0.05) is 0 Å². The van der Waals surface area contributed by atoms with Gasteiger partial charge < -0.3 is 24.3 Å². The van der Waals surface area contributed by atoms with Gasteiger partial charge in [0.2, 0.25) is 0 Å². The maximum Gasteiger partial charge on any atom is 0.298 e. The molecule has 3 aromatic rings. The summed E-state index contributed by atoms with van der Waals surface area (Å²) in [5, 5.41) is 15.4. The Hall–Kier alpha value is -1.65. The molecule has 0 amide bonds. The van der Waals surface area contributed by atoms with E-state index in [0.717, 1.165) is 23.7 Å². The lowest BCUT2D eigenvalue weighted by Gasteiger charge is -2.47. The molecule has 0 aliphatic carbocycles. The van der Waals surface area contributed by atoms with E-state index in [1.807, 2.05) is 17.5 Å². The molecule has 136 valence electrons. The number of rotatable bonds is 5. The van der Waals surface area contributed by atoms with Gasteiger partial charge >= 0.3 is 0 Å². The van der Waals surface area contributed by atoms with Gasteiger partial charge in [0, 0.05) is 36.8 Å². The third-order valence-electron chi connectivity index (χ3n) is 4.87. The highest BCUT2D eigenvalue weighted by Gasteiger charge is 2.38. The highest BCUT2D eigenvalue weighted by atomic mass is 32.2. The van der Waals surface area contributed by atoms with Crippen LogP contribution in [0.4, 0.5) is 6.01 Å². The predicted molar refractivity (Wildman–Crippen MR) is 101 cm³/mol. The first kappa shape index (κ1) is 16.5. The summed E-state index contributed by atoms with van der Waals surface area (Å²) in [7, 11) is 0. The maximum atomic E-state index is 12.5. The number of anilines is 1. The Labute approximate surface area is 157 Å². The highest BCUT2D eigenvalue weighted by Crippen LogP contribution is 2.37. The Bertz CT molecular complexity index is 914. The highest BCUT2D eigenvalue weighted by molar-refractivity contribution is 7.91. The molecule has 3 fully saturated rings. The molecule has 0 radical (unpaired) electrons. The fourth-order valence-corrected chi connectivity index (χ4v) is 5.30. The lowest BCUT2D eigenvalue weighted by Crippen LogP contribution is -2.67. The number of oxazole rings is 1. The second kappa shape index (κ2) is 6.50. The number of piperidine rings is 1. The van der Waals surface area contributed by atoms with Crippen LogP contribution >= 0.6 is 11.3 Å². The van der Waals surface area contributed by atoms with Gasteiger partial charge in [-0.05, 0) is 29.7 Å². The van der Waals surface area contributed by atoms with Crippen molar-refractivity contribution >= 4 is 39.6 Å². The van der Waals surface area contributed by atoms with Crippen molar-refractivity contribution in [2.45, 2.75) is 23.4 Å². The van der Waals surface area contributed by atoms with Crippen molar-refractivity contribution in [1.82, 2.24) is 15.3 Å². The van der Waals surface area contributed by atoms with Gasteiger partial charge in [0.1, 0.15) is 10.8 Å². The van der Waals surface area contributed by atoms with Gasteiger partial charge in [-0.3, -0.25) is 0 Å². The summed E-state index contributed by atoms with van der Waals surface area (Å²) in [5.74, 6) is 0.186. The van der Waals surface area contributed by atoms with E-state index in [4.69, 9.17) is 14.5 Å². The molecule has 3 aliphatic rings. The van der Waals surface area contributed by atoms with Crippen molar-refractivity contribution in [3.8, 4) is 10.6 Å². The van der Waals surface area contributed by atoms with Gasteiger partial charge in [0.05, 0.1) is 12.2 Å². The van der Waals surface area contributed by atoms with Crippen LogP contribution in [0.25, 0.3) is 21.7 Å². The zero-order valence-corrected chi connectivity index (χ0v) is 15.6. The van der Waals surface area contributed by atoms with Gasteiger partial charge in [-0.15, -0.1) is 11.3 Å². The molecule has 2 aromatic heterocycles. The molecular formula is C17H18N4O3S2. The van der Waals surface area contributed by atoms with Crippen LogP contribution < -0.4 is 10.2 Å². The van der Waals surface area contributed by atoms with Crippen molar-refractivity contribution in [1.29, 1.82) is 0 Å². The van der Waals surface area contributed by atoms with E-state index in [9.17, 15) is 4.55 Å². The zero-order chi connectivity index (χ0) is 17.7. The minimum atomic E-state index is -1.32. The molecular weight excluding hydrogens is 372 g/mol. The molecule has 0 saturated carbocycles. The molecule has 6 rings (SSSR count). The first-order valence-corrected chi connectivity index (χ1v) is 10.8. The van der Waals surface area contributed by atoms with Crippen LogP contribution in [0.5, 0.6) is 0 Å². The average Bonchev–Trinajstić information content (AvgIpc) is 3.30. The van der Waals surface area contributed by atoms with E-state index in [1.54, 1.807) is 6.20 Å². The van der Waals surface area contributed by atoms with Crippen LogP contribution in [0.3, 0.4) is 0 Å². The van der Waals surface area contributed by atoms with Crippen LogP contribution in [-0.2, 0) is 11.2 Å². The third kappa shape index (κ3) is 2.71. The summed E-state index contributed by atoms with van der Waals surface area (Å²) in [4.78, 5) is 11.8. The van der Waals surface area contributed by atoms with Gasteiger partial charge in [-0.25, -0.2) is 4.98 Å². The first-order chi connectivity index (χ1) is 12.7. The fourth-order valence-electron chi connectivity index (χ4n) is 3.68. The van der Waals surface area contributed by atoms with E-state index in [-0.39, 0.29) is 12.4 Å². The summed E-state index contributed by atoms with van der Waals surface area (Å²) in [6, 6.07) is 5.25. The van der Waals surface area contributed by atoms with E-state index in [0.29, 0.717) is 34.1 Å².